The van der Waals surface area contributed by atoms with E-state index in [1.807, 2.05) is 6.92 Å². The molecule has 0 aliphatic carbocycles. The average molecular weight is 421 g/mol. The Hall–Kier alpha value is -1.81. The number of hydrogen-bond acceptors (Lipinski definition) is 8. The maximum Gasteiger partial charge on any atom is 0.244 e. The van der Waals surface area contributed by atoms with Crippen molar-refractivity contribution in [3.05, 3.63) is 41.5 Å². The predicted molar refractivity (Wildman–Crippen MR) is 107 cm³/mol. The number of aryl methyl sites for hydroxylation is 1. The molecule has 0 saturated carbocycles. The van der Waals surface area contributed by atoms with Crippen LogP contribution in [0.4, 0.5) is 0 Å². The molecule has 29 heavy (non-hydrogen) atoms. The van der Waals surface area contributed by atoms with Gasteiger partial charge in [0.05, 0.1) is 17.0 Å². The van der Waals surface area contributed by atoms with E-state index in [9.17, 15) is 13.5 Å². The van der Waals surface area contributed by atoms with E-state index in [1.54, 1.807) is 24.3 Å². The third kappa shape index (κ3) is 4.53. The lowest BCUT2D eigenvalue weighted by Gasteiger charge is -2.37. The molecule has 158 valence electrons. The summed E-state index contributed by atoms with van der Waals surface area (Å²) in [5, 5.41) is 14.2. The molecule has 0 amide bonds. The van der Waals surface area contributed by atoms with Crippen LogP contribution < -0.4 is 0 Å². The molecule has 0 bridgehead atoms. The molecule has 2 aliphatic heterocycles. The summed E-state index contributed by atoms with van der Waals surface area (Å²) in [6.45, 7) is 4.54. The quantitative estimate of drug-likeness (QED) is 0.778. The number of benzene rings is 1. The zero-order valence-electron chi connectivity index (χ0n) is 16.9. The first-order chi connectivity index (χ1) is 13.8. The second-order valence-corrected chi connectivity index (χ2v) is 10.2. The number of sulfone groups is 1. The number of piperidine rings is 1. The minimum Gasteiger partial charge on any atom is -0.392 e. The van der Waals surface area contributed by atoms with E-state index in [-0.39, 0.29) is 22.5 Å². The van der Waals surface area contributed by atoms with Crippen molar-refractivity contribution in [2.75, 3.05) is 26.7 Å². The van der Waals surface area contributed by atoms with Crippen LogP contribution in [0.3, 0.4) is 0 Å². The van der Waals surface area contributed by atoms with Gasteiger partial charge in [0, 0.05) is 12.6 Å². The molecule has 2 aliphatic rings. The molecule has 2 unspecified atom stereocenters. The van der Waals surface area contributed by atoms with Crippen LogP contribution in [0.5, 0.6) is 0 Å². The van der Waals surface area contributed by atoms with Crippen molar-refractivity contribution in [1.29, 1.82) is 0 Å². The number of nitrogens with zero attached hydrogens (tertiary/aromatic N) is 4. The van der Waals surface area contributed by atoms with Gasteiger partial charge in [-0.1, -0.05) is 22.9 Å². The number of β-amino-alcohol motifs (C(OH)–C–C–N with tert-alkyl or cyclic N) is 1. The molecule has 2 aromatic rings. The highest BCUT2D eigenvalue weighted by Crippen LogP contribution is 2.35. The SMILES string of the molecule is Cc1ccc(S(=O)(=O)Cc2noc(C3CC(O)CN3C3CCN(C)CC3)n2)cc1. The molecular weight excluding hydrogens is 392 g/mol. The normalized spacial score (nSPS) is 24.9. The van der Waals surface area contributed by atoms with E-state index in [4.69, 9.17) is 4.52 Å². The molecule has 9 heteroatoms. The van der Waals surface area contributed by atoms with Gasteiger partial charge in [0.25, 0.3) is 0 Å². The Kier molecular flexibility index (Phi) is 5.74. The molecule has 3 heterocycles. The van der Waals surface area contributed by atoms with Gasteiger partial charge in [0.1, 0.15) is 5.75 Å². The minimum absolute atomic E-state index is 0.158. The van der Waals surface area contributed by atoms with Gasteiger partial charge in [-0.15, -0.1) is 0 Å². The number of aromatic nitrogens is 2. The van der Waals surface area contributed by atoms with E-state index in [0.29, 0.717) is 24.9 Å². The molecule has 0 spiro atoms. The summed E-state index contributed by atoms with van der Waals surface area (Å²) in [6, 6.07) is 6.94. The number of hydrogen-bond donors (Lipinski definition) is 1. The fourth-order valence-corrected chi connectivity index (χ4v) is 5.45. The molecule has 1 aromatic heterocycles. The van der Waals surface area contributed by atoms with Gasteiger partial charge in [-0.05, 0) is 58.5 Å². The third-order valence-corrected chi connectivity index (χ3v) is 7.57. The Labute approximate surface area is 171 Å². The first-order valence-corrected chi connectivity index (χ1v) is 11.7. The van der Waals surface area contributed by atoms with Crippen LogP contribution in [-0.4, -0.2) is 72.3 Å². The fourth-order valence-electron chi connectivity index (χ4n) is 4.27. The maximum absolute atomic E-state index is 12.7. The van der Waals surface area contributed by atoms with Gasteiger partial charge in [-0.2, -0.15) is 4.98 Å². The highest BCUT2D eigenvalue weighted by atomic mass is 32.2. The van der Waals surface area contributed by atoms with Crippen molar-refractivity contribution in [3.8, 4) is 0 Å². The Balaban J connectivity index is 1.49. The Bertz CT molecular complexity index is 936. The first kappa shape index (κ1) is 20.5. The van der Waals surface area contributed by atoms with Crippen LogP contribution in [0.1, 0.15) is 42.6 Å². The zero-order chi connectivity index (χ0) is 20.6. The number of aliphatic hydroxyl groups is 1. The van der Waals surface area contributed by atoms with Crippen molar-refractivity contribution in [3.63, 3.8) is 0 Å². The maximum atomic E-state index is 12.7. The first-order valence-electron chi connectivity index (χ1n) is 10.1. The summed E-state index contributed by atoms with van der Waals surface area (Å²) in [5.41, 5.74) is 1.000. The predicted octanol–water partition coefficient (Wildman–Crippen LogP) is 1.55. The highest BCUT2D eigenvalue weighted by molar-refractivity contribution is 7.90. The van der Waals surface area contributed by atoms with Gasteiger partial charge in [-0.25, -0.2) is 8.42 Å². The van der Waals surface area contributed by atoms with Crippen LogP contribution in [-0.2, 0) is 15.6 Å². The lowest BCUT2D eigenvalue weighted by atomic mass is 10.0. The van der Waals surface area contributed by atoms with Crippen LogP contribution in [0.2, 0.25) is 0 Å². The zero-order valence-corrected chi connectivity index (χ0v) is 17.7. The van der Waals surface area contributed by atoms with Gasteiger partial charge in [-0.3, -0.25) is 4.90 Å². The number of rotatable bonds is 5. The molecule has 1 N–H and O–H groups in total. The summed E-state index contributed by atoms with van der Waals surface area (Å²) in [4.78, 5) is 9.20. The van der Waals surface area contributed by atoms with E-state index < -0.39 is 15.9 Å². The van der Waals surface area contributed by atoms with Gasteiger partial charge in [0.2, 0.25) is 5.89 Å². The Morgan fingerprint density at radius 3 is 2.59 bits per heavy atom. The molecule has 2 saturated heterocycles. The summed E-state index contributed by atoms with van der Waals surface area (Å²) >= 11 is 0. The fraction of sp³-hybridized carbons (Fsp3) is 0.600. The van der Waals surface area contributed by atoms with Crippen LogP contribution in [0, 0.1) is 6.92 Å². The summed E-state index contributed by atoms with van der Waals surface area (Å²) in [7, 11) is -1.43. The molecule has 0 radical (unpaired) electrons. The lowest BCUT2D eigenvalue weighted by Crippen LogP contribution is -2.43. The van der Waals surface area contributed by atoms with Crippen LogP contribution >= 0.6 is 0 Å². The monoisotopic (exact) mass is 420 g/mol. The van der Waals surface area contributed by atoms with E-state index in [0.717, 1.165) is 31.5 Å². The molecule has 8 nitrogen and oxygen atoms in total. The summed E-state index contributed by atoms with van der Waals surface area (Å²) in [6.07, 6.45) is 2.15. The van der Waals surface area contributed by atoms with Gasteiger partial charge in [0.15, 0.2) is 15.7 Å². The van der Waals surface area contributed by atoms with E-state index in [2.05, 4.69) is 27.0 Å². The van der Waals surface area contributed by atoms with Gasteiger partial charge >= 0.3 is 0 Å². The second-order valence-electron chi connectivity index (χ2n) is 8.26. The van der Waals surface area contributed by atoms with Crippen LogP contribution in [0.15, 0.2) is 33.7 Å². The topological polar surface area (TPSA) is 99.8 Å². The van der Waals surface area contributed by atoms with E-state index >= 15 is 0 Å². The van der Waals surface area contributed by atoms with Gasteiger partial charge < -0.3 is 14.5 Å². The molecule has 4 rings (SSSR count). The van der Waals surface area contributed by atoms with Crippen molar-refractivity contribution in [1.82, 2.24) is 19.9 Å². The third-order valence-electron chi connectivity index (χ3n) is 5.94. The summed E-state index contributed by atoms with van der Waals surface area (Å²) in [5.74, 6) is 0.253. The smallest absolute Gasteiger partial charge is 0.244 e. The molecule has 2 fully saturated rings. The number of aliphatic hydroxyl groups excluding tert-OH is 1. The number of likely N-dealkylation sites (tertiary alicyclic amines) is 2. The molecule has 2 atom stereocenters. The highest BCUT2D eigenvalue weighted by Gasteiger charge is 2.40. The second kappa shape index (κ2) is 8.14. The van der Waals surface area contributed by atoms with Crippen LogP contribution in [0.25, 0.3) is 0 Å². The van der Waals surface area contributed by atoms with Crippen molar-refractivity contribution in [2.24, 2.45) is 0 Å². The minimum atomic E-state index is -3.54. The molecular formula is C20H28N4O4S. The Morgan fingerprint density at radius 2 is 1.90 bits per heavy atom. The largest absolute Gasteiger partial charge is 0.392 e. The van der Waals surface area contributed by atoms with Crippen molar-refractivity contribution >= 4 is 9.84 Å². The average Bonchev–Trinajstić information content (AvgIpc) is 3.28. The van der Waals surface area contributed by atoms with Crippen molar-refractivity contribution < 1.29 is 18.0 Å². The standard InChI is InChI=1S/C20H28N4O4S/c1-14-3-5-17(6-4-14)29(26,27)13-19-21-20(28-22-19)18-11-16(25)12-24(18)15-7-9-23(2)10-8-15/h3-6,15-16,18,25H,7-13H2,1-2H3. The molecule has 1 aromatic carbocycles. The summed E-state index contributed by atoms with van der Waals surface area (Å²) < 4.78 is 30.8. The lowest BCUT2D eigenvalue weighted by molar-refractivity contribution is 0.0880. The Morgan fingerprint density at radius 1 is 1.21 bits per heavy atom. The van der Waals surface area contributed by atoms with E-state index in [1.165, 1.54) is 0 Å². The van der Waals surface area contributed by atoms with Crippen molar-refractivity contribution in [2.45, 2.75) is 55.0 Å².